The van der Waals surface area contributed by atoms with Crippen molar-refractivity contribution in [2.75, 3.05) is 5.32 Å². The standard InChI is InChI=1S/C10H12F2N2O/c1-6(13)4-10(15)14-7-2-3-8(11)9(12)5-7/h2-3,5-6H,4,13H2,1H3,(H,14,15). The van der Waals surface area contributed by atoms with E-state index in [1.807, 2.05) is 0 Å². The zero-order valence-electron chi connectivity index (χ0n) is 8.26. The number of carbonyl (C=O) groups excluding carboxylic acids is 1. The van der Waals surface area contributed by atoms with E-state index in [2.05, 4.69) is 5.32 Å². The van der Waals surface area contributed by atoms with Crippen molar-refractivity contribution >= 4 is 11.6 Å². The maximum atomic E-state index is 12.7. The lowest BCUT2D eigenvalue weighted by Crippen LogP contribution is -2.24. The number of nitrogens with two attached hydrogens (primary N) is 1. The number of amides is 1. The molecule has 1 atom stereocenters. The number of halogens is 2. The molecule has 0 aliphatic heterocycles. The fourth-order valence-corrected chi connectivity index (χ4v) is 1.08. The fraction of sp³-hybridized carbons (Fsp3) is 0.300. The van der Waals surface area contributed by atoms with Crippen LogP contribution in [0.3, 0.4) is 0 Å². The number of nitrogens with one attached hydrogen (secondary N) is 1. The first-order chi connectivity index (χ1) is 6.99. The van der Waals surface area contributed by atoms with Crippen LogP contribution in [0.25, 0.3) is 0 Å². The highest BCUT2D eigenvalue weighted by Gasteiger charge is 2.07. The van der Waals surface area contributed by atoms with Gasteiger partial charge >= 0.3 is 0 Å². The Morgan fingerprint density at radius 2 is 2.13 bits per heavy atom. The molecule has 0 saturated carbocycles. The van der Waals surface area contributed by atoms with Crippen LogP contribution in [0.5, 0.6) is 0 Å². The second kappa shape index (κ2) is 4.84. The molecule has 1 unspecified atom stereocenters. The number of carbonyl (C=O) groups is 1. The quantitative estimate of drug-likeness (QED) is 0.803. The van der Waals surface area contributed by atoms with Crippen molar-refractivity contribution in [3.8, 4) is 0 Å². The Morgan fingerprint density at radius 1 is 1.47 bits per heavy atom. The summed E-state index contributed by atoms with van der Waals surface area (Å²) in [5.41, 5.74) is 5.63. The smallest absolute Gasteiger partial charge is 0.225 e. The summed E-state index contributed by atoms with van der Waals surface area (Å²) < 4.78 is 25.3. The largest absolute Gasteiger partial charge is 0.327 e. The van der Waals surface area contributed by atoms with Gasteiger partial charge in [0.15, 0.2) is 11.6 Å². The van der Waals surface area contributed by atoms with E-state index in [1.165, 1.54) is 6.07 Å². The van der Waals surface area contributed by atoms with Crippen molar-refractivity contribution < 1.29 is 13.6 Å². The van der Waals surface area contributed by atoms with Crippen LogP contribution < -0.4 is 11.1 Å². The molecule has 0 aliphatic carbocycles. The first kappa shape index (κ1) is 11.6. The minimum Gasteiger partial charge on any atom is -0.327 e. The van der Waals surface area contributed by atoms with E-state index in [9.17, 15) is 13.6 Å². The minimum absolute atomic E-state index is 0.138. The molecule has 0 radical (unpaired) electrons. The number of benzene rings is 1. The number of hydrogen-bond donors (Lipinski definition) is 2. The molecular weight excluding hydrogens is 202 g/mol. The second-order valence-electron chi connectivity index (χ2n) is 3.36. The Bertz CT molecular complexity index is 366. The monoisotopic (exact) mass is 214 g/mol. The van der Waals surface area contributed by atoms with Gasteiger partial charge in [-0.05, 0) is 19.1 Å². The summed E-state index contributed by atoms with van der Waals surface area (Å²) in [5, 5.41) is 2.42. The Balaban J connectivity index is 2.65. The van der Waals surface area contributed by atoms with Gasteiger partial charge in [-0.1, -0.05) is 0 Å². The number of hydrogen-bond acceptors (Lipinski definition) is 2. The molecule has 1 aromatic carbocycles. The highest BCUT2D eigenvalue weighted by atomic mass is 19.2. The summed E-state index contributed by atoms with van der Waals surface area (Å²) in [7, 11) is 0. The molecule has 0 aromatic heterocycles. The van der Waals surface area contributed by atoms with Crippen LogP contribution in [-0.4, -0.2) is 11.9 Å². The summed E-state index contributed by atoms with van der Waals surface area (Å²) in [6.07, 6.45) is 0.138. The maximum absolute atomic E-state index is 12.7. The van der Waals surface area contributed by atoms with Gasteiger partial charge in [0.05, 0.1) is 0 Å². The van der Waals surface area contributed by atoms with Gasteiger partial charge in [-0.25, -0.2) is 8.78 Å². The van der Waals surface area contributed by atoms with Crippen LogP contribution >= 0.6 is 0 Å². The van der Waals surface area contributed by atoms with Crippen LogP contribution in [-0.2, 0) is 4.79 Å². The Kier molecular flexibility index (Phi) is 3.74. The fourth-order valence-electron chi connectivity index (χ4n) is 1.08. The molecule has 0 bridgehead atoms. The van der Waals surface area contributed by atoms with Crippen molar-refractivity contribution in [1.82, 2.24) is 0 Å². The van der Waals surface area contributed by atoms with Crippen molar-refractivity contribution in [1.29, 1.82) is 0 Å². The molecule has 15 heavy (non-hydrogen) atoms. The predicted molar refractivity (Wildman–Crippen MR) is 53.3 cm³/mol. The molecule has 0 aliphatic rings. The molecular formula is C10H12F2N2O. The van der Waals surface area contributed by atoms with Gasteiger partial charge in [0.25, 0.3) is 0 Å². The van der Waals surface area contributed by atoms with Gasteiger partial charge < -0.3 is 11.1 Å². The van der Waals surface area contributed by atoms with E-state index in [-0.39, 0.29) is 24.1 Å². The summed E-state index contributed by atoms with van der Waals surface area (Å²) >= 11 is 0. The predicted octanol–water partition coefficient (Wildman–Crippen LogP) is 1.64. The molecule has 0 spiro atoms. The topological polar surface area (TPSA) is 55.1 Å². The van der Waals surface area contributed by atoms with Crippen LogP contribution in [0.4, 0.5) is 14.5 Å². The minimum atomic E-state index is -0.992. The summed E-state index contributed by atoms with van der Waals surface area (Å²) in [6.45, 7) is 1.69. The van der Waals surface area contributed by atoms with Crippen LogP contribution in [0.1, 0.15) is 13.3 Å². The van der Waals surface area contributed by atoms with Gasteiger partial charge in [-0.2, -0.15) is 0 Å². The third-order valence-electron chi connectivity index (χ3n) is 1.71. The third kappa shape index (κ3) is 3.63. The van der Waals surface area contributed by atoms with E-state index in [1.54, 1.807) is 6.92 Å². The number of rotatable bonds is 3. The average Bonchev–Trinajstić information content (AvgIpc) is 2.10. The zero-order valence-corrected chi connectivity index (χ0v) is 8.26. The lowest BCUT2D eigenvalue weighted by molar-refractivity contribution is -0.116. The number of anilines is 1. The second-order valence-corrected chi connectivity index (χ2v) is 3.36. The molecule has 1 rings (SSSR count). The van der Waals surface area contributed by atoms with Crippen molar-refractivity contribution in [3.05, 3.63) is 29.8 Å². The third-order valence-corrected chi connectivity index (χ3v) is 1.71. The zero-order chi connectivity index (χ0) is 11.4. The van der Waals surface area contributed by atoms with E-state index in [4.69, 9.17) is 5.73 Å². The van der Waals surface area contributed by atoms with Crippen LogP contribution in [0, 0.1) is 11.6 Å². The van der Waals surface area contributed by atoms with Gasteiger partial charge in [0.2, 0.25) is 5.91 Å². The Labute approximate surface area is 86.3 Å². The SMILES string of the molecule is CC(N)CC(=O)Nc1ccc(F)c(F)c1. The van der Waals surface area contributed by atoms with E-state index < -0.39 is 11.6 Å². The average molecular weight is 214 g/mol. The normalized spacial score (nSPS) is 12.3. The molecule has 1 amide bonds. The van der Waals surface area contributed by atoms with Gasteiger partial charge in [0.1, 0.15) is 0 Å². The van der Waals surface area contributed by atoms with E-state index in [0.717, 1.165) is 12.1 Å². The summed E-state index contributed by atoms with van der Waals surface area (Å²) in [5.74, 6) is -2.26. The molecule has 0 heterocycles. The van der Waals surface area contributed by atoms with Gasteiger partial charge in [0, 0.05) is 24.2 Å². The molecule has 1 aromatic rings. The highest BCUT2D eigenvalue weighted by Crippen LogP contribution is 2.13. The molecule has 0 fully saturated rings. The maximum Gasteiger partial charge on any atom is 0.225 e. The van der Waals surface area contributed by atoms with Crippen molar-refractivity contribution in [3.63, 3.8) is 0 Å². The molecule has 3 N–H and O–H groups in total. The first-order valence-corrected chi connectivity index (χ1v) is 4.49. The Morgan fingerprint density at radius 3 is 2.67 bits per heavy atom. The van der Waals surface area contributed by atoms with E-state index >= 15 is 0 Å². The van der Waals surface area contributed by atoms with Crippen LogP contribution in [0.2, 0.25) is 0 Å². The highest BCUT2D eigenvalue weighted by molar-refractivity contribution is 5.90. The molecule has 0 saturated heterocycles. The van der Waals surface area contributed by atoms with Crippen molar-refractivity contribution in [2.45, 2.75) is 19.4 Å². The lowest BCUT2D eigenvalue weighted by Gasteiger charge is -2.07. The van der Waals surface area contributed by atoms with Gasteiger partial charge in [-0.3, -0.25) is 4.79 Å². The van der Waals surface area contributed by atoms with Gasteiger partial charge in [-0.15, -0.1) is 0 Å². The molecule has 3 nitrogen and oxygen atoms in total. The lowest BCUT2D eigenvalue weighted by atomic mass is 10.2. The van der Waals surface area contributed by atoms with E-state index in [0.29, 0.717) is 0 Å². The molecule has 82 valence electrons. The molecule has 5 heteroatoms. The summed E-state index contributed by atoms with van der Waals surface area (Å²) in [6, 6.07) is 2.90. The Hall–Kier alpha value is -1.49. The summed E-state index contributed by atoms with van der Waals surface area (Å²) in [4.78, 5) is 11.2. The van der Waals surface area contributed by atoms with Crippen LogP contribution in [0.15, 0.2) is 18.2 Å². The van der Waals surface area contributed by atoms with Crippen molar-refractivity contribution in [2.24, 2.45) is 5.73 Å². The first-order valence-electron chi connectivity index (χ1n) is 4.49.